The van der Waals surface area contributed by atoms with Crippen LogP contribution in [0.15, 0.2) is 47.4 Å². The molecule has 0 unspecified atom stereocenters. The Morgan fingerprint density at radius 3 is 2.18 bits per heavy atom. The smallest absolute Gasteiger partial charge is 0.320 e. The molecule has 1 amide bonds. The molecule has 0 radical (unpaired) electrons. The molecule has 8 nitrogen and oxygen atoms in total. The van der Waals surface area contributed by atoms with Crippen molar-refractivity contribution < 1.29 is 27.5 Å². The SMILES string of the molecule is COC(=O)CNS(=O)(=O)c1ccc(NC(=O)COc2cc(C)cc(C)c2)cc1. The molecule has 150 valence electrons. The van der Waals surface area contributed by atoms with Crippen molar-refractivity contribution in [3.8, 4) is 5.75 Å². The van der Waals surface area contributed by atoms with Gasteiger partial charge < -0.3 is 14.8 Å². The summed E-state index contributed by atoms with van der Waals surface area (Å²) in [5, 5.41) is 2.63. The molecular formula is C19H22N2O6S. The summed E-state index contributed by atoms with van der Waals surface area (Å²) in [6, 6.07) is 11.2. The molecule has 0 atom stereocenters. The van der Waals surface area contributed by atoms with Crippen molar-refractivity contribution in [2.45, 2.75) is 18.7 Å². The van der Waals surface area contributed by atoms with E-state index >= 15 is 0 Å². The monoisotopic (exact) mass is 406 g/mol. The zero-order chi connectivity index (χ0) is 20.7. The highest BCUT2D eigenvalue weighted by Crippen LogP contribution is 2.17. The third kappa shape index (κ3) is 6.36. The standard InChI is InChI=1S/C19H22N2O6S/c1-13-8-14(2)10-16(9-13)27-12-18(22)21-15-4-6-17(7-5-15)28(24,25)20-11-19(23)26-3/h4-10,20H,11-12H2,1-3H3,(H,21,22). The second kappa shape index (κ2) is 9.34. The number of anilines is 1. The highest BCUT2D eigenvalue weighted by Gasteiger charge is 2.16. The number of aryl methyl sites for hydroxylation is 2. The summed E-state index contributed by atoms with van der Waals surface area (Å²) in [5.41, 5.74) is 2.49. The van der Waals surface area contributed by atoms with Crippen molar-refractivity contribution in [3.05, 3.63) is 53.6 Å². The normalized spacial score (nSPS) is 11.0. The summed E-state index contributed by atoms with van der Waals surface area (Å²) in [5.74, 6) is -0.472. The van der Waals surface area contributed by atoms with Crippen LogP contribution in [0.5, 0.6) is 5.75 Å². The number of sulfonamides is 1. The molecule has 0 saturated carbocycles. The van der Waals surface area contributed by atoms with Gasteiger partial charge in [-0.25, -0.2) is 8.42 Å². The third-order valence-electron chi connectivity index (χ3n) is 3.65. The lowest BCUT2D eigenvalue weighted by molar-refractivity contribution is -0.139. The molecular weight excluding hydrogens is 384 g/mol. The predicted octanol–water partition coefficient (Wildman–Crippen LogP) is 1.77. The molecule has 2 rings (SSSR count). The maximum atomic E-state index is 12.1. The van der Waals surface area contributed by atoms with Gasteiger partial charge >= 0.3 is 5.97 Å². The Balaban J connectivity index is 1.92. The van der Waals surface area contributed by atoms with Crippen molar-refractivity contribution in [2.75, 3.05) is 25.6 Å². The first kappa shape index (κ1) is 21.4. The molecule has 0 spiro atoms. The Morgan fingerprint density at radius 1 is 1.00 bits per heavy atom. The van der Waals surface area contributed by atoms with Gasteiger partial charge in [-0.1, -0.05) is 6.07 Å². The first-order valence-corrected chi connectivity index (χ1v) is 9.85. The second-order valence-corrected chi connectivity index (χ2v) is 7.85. The maximum absolute atomic E-state index is 12.1. The molecule has 2 aromatic carbocycles. The van der Waals surface area contributed by atoms with E-state index in [4.69, 9.17) is 4.74 Å². The topological polar surface area (TPSA) is 111 Å². The van der Waals surface area contributed by atoms with Crippen molar-refractivity contribution in [2.24, 2.45) is 0 Å². The minimum absolute atomic E-state index is 0.0408. The molecule has 0 heterocycles. The Hall–Kier alpha value is -2.91. The zero-order valence-corrected chi connectivity index (χ0v) is 16.6. The van der Waals surface area contributed by atoms with Gasteiger partial charge in [-0.3, -0.25) is 9.59 Å². The fraction of sp³-hybridized carbons (Fsp3) is 0.263. The molecule has 0 aliphatic carbocycles. The summed E-state index contributed by atoms with van der Waals surface area (Å²) in [7, 11) is -2.69. The van der Waals surface area contributed by atoms with Gasteiger partial charge in [0.1, 0.15) is 12.3 Å². The fourth-order valence-electron chi connectivity index (χ4n) is 2.39. The molecule has 9 heteroatoms. The lowest BCUT2D eigenvalue weighted by Crippen LogP contribution is -2.30. The van der Waals surface area contributed by atoms with Gasteiger partial charge in [-0.2, -0.15) is 4.72 Å². The Morgan fingerprint density at radius 2 is 1.61 bits per heavy atom. The van der Waals surface area contributed by atoms with E-state index in [1.165, 1.54) is 24.3 Å². The molecule has 0 aliphatic rings. The van der Waals surface area contributed by atoms with E-state index in [1.807, 2.05) is 32.0 Å². The number of benzene rings is 2. The largest absolute Gasteiger partial charge is 0.484 e. The average molecular weight is 406 g/mol. The van der Waals surface area contributed by atoms with Crippen LogP contribution in [0.2, 0.25) is 0 Å². The first-order valence-electron chi connectivity index (χ1n) is 8.37. The van der Waals surface area contributed by atoms with Crippen LogP contribution in [0.4, 0.5) is 5.69 Å². The number of rotatable bonds is 8. The third-order valence-corrected chi connectivity index (χ3v) is 5.06. The second-order valence-electron chi connectivity index (χ2n) is 6.09. The van der Waals surface area contributed by atoms with Gasteiger partial charge in [0.05, 0.1) is 12.0 Å². The summed E-state index contributed by atoms with van der Waals surface area (Å²) >= 11 is 0. The van der Waals surface area contributed by atoms with E-state index in [-0.39, 0.29) is 17.4 Å². The highest BCUT2D eigenvalue weighted by atomic mass is 32.2. The van der Waals surface area contributed by atoms with E-state index < -0.39 is 22.5 Å². The Labute approximate surface area is 163 Å². The number of esters is 1. The quantitative estimate of drug-likeness (QED) is 0.647. The van der Waals surface area contributed by atoms with Gasteiger partial charge in [0.25, 0.3) is 5.91 Å². The van der Waals surface area contributed by atoms with Crippen molar-refractivity contribution >= 4 is 27.6 Å². The Kier molecular flexibility index (Phi) is 7.13. The lowest BCUT2D eigenvalue weighted by Gasteiger charge is -2.10. The van der Waals surface area contributed by atoms with Crippen LogP contribution >= 0.6 is 0 Å². The number of ether oxygens (including phenoxy) is 2. The minimum atomic E-state index is -3.85. The van der Waals surface area contributed by atoms with E-state index in [0.717, 1.165) is 18.2 Å². The van der Waals surface area contributed by atoms with Crippen LogP contribution < -0.4 is 14.8 Å². The van der Waals surface area contributed by atoms with Crippen LogP contribution in [-0.4, -0.2) is 40.6 Å². The lowest BCUT2D eigenvalue weighted by atomic mass is 10.1. The molecule has 0 bridgehead atoms. The van der Waals surface area contributed by atoms with E-state index in [9.17, 15) is 18.0 Å². The fourth-order valence-corrected chi connectivity index (χ4v) is 3.36. The van der Waals surface area contributed by atoms with Crippen LogP contribution in [-0.2, 0) is 24.3 Å². The molecule has 0 aliphatic heterocycles. The highest BCUT2D eigenvalue weighted by molar-refractivity contribution is 7.89. The first-order chi connectivity index (χ1) is 13.2. The predicted molar refractivity (Wildman–Crippen MR) is 104 cm³/mol. The van der Waals surface area contributed by atoms with Crippen LogP contribution in [0.1, 0.15) is 11.1 Å². The molecule has 28 heavy (non-hydrogen) atoms. The molecule has 0 aromatic heterocycles. The minimum Gasteiger partial charge on any atom is -0.484 e. The van der Waals surface area contributed by atoms with Crippen molar-refractivity contribution in [3.63, 3.8) is 0 Å². The number of methoxy groups -OCH3 is 1. The summed E-state index contributed by atoms with van der Waals surface area (Å²) in [4.78, 5) is 23.0. The van der Waals surface area contributed by atoms with Crippen molar-refractivity contribution in [1.82, 2.24) is 4.72 Å². The van der Waals surface area contributed by atoms with E-state index in [2.05, 4.69) is 14.8 Å². The number of amides is 1. The zero-order valence-electron chi connectivity index (χ0n) is 15.8. The summed E-state index contributed by atoms with van der Waals surface area (Å²) < 4.78 is 36.1. The van der Waals surface area contributed by atoms with Gasteiger partial charge in [-0.15, -0.1) is 0 Å². The number of hydrogen-bond donors (Lipinski definition) is 2. The Bertz CT molecular complexity index is 935. The maximum Gasteiger partial charge on any atom is 0.320 e. The number of carbonyl (C=O) groups excluding carboxylic acids is 2. The summed E-state index contributed by atoms with van der Waals surface area (Å²) in [6.45, 7) is 3.24. The van der Waals surface area contributed by atoms with E-state index in [0.29, 0.717) is 11.4 Å². The summed E-state index contributed by atoms with van der Waals surface area (Å²) in [6.07, 6.45) is 0. The molecule has 2 N–H and O–H groups in total. The number of carbonyl (C=O) groups is 2. The van der Waals surface area contributed by atoms with Crippen molar-refractivity contribution in [1.29, 1.82) is 0 Å². The number of hydrogen-bond acceptors (Lipinski definition) is 6. The van der Waals surface area contributed by atoms with Gasteiger partial charge in [0.2, 0.25) is 10.0 Å². The van der Waals surface area contributed by atoms with Crippen LogP contribution in [0.3, 0.4) is 0 Å². The van der Waals surface area contributed by atoms with Gasteiger partial charge in [0.15, 0.2) is 6.61 Å². The molecule has 0 fully saturated rings. The molecule has 2 aromatic rings. The molecule has 0 saturated heterocycles. The van der Waals surface area contributed by atoms with Crippen LogP contribution in [0.25, 0.3) is 0 Å². The van der Waals surface area contributed by atoms with Gasteiger partial charge in [-0.05, 0) is 61.4 Å². The van der Waals surface area contributed by atoms with Gasteiger partial charge in [0, 0.05) is 5.69 Å². The van der Waals surface area contributed by atoms with Crippen LogP contribution in [0, 0.1) is 13.8 Å². The number of nitrogens with one attached hydrogen (secondary N) is 2. The van der Waals surface area contributed by atoms with E-state index in [1.54, 1.807) is 0 Å². The average Bonchev–Trinajstić information content (AvgIpc) is 2.64.